The van der Waals surface area contributed by atoms with Gasteiger partial charge in [0.05, 0.1) is 11.6 Å². The van der Waals surface area contributed by atoms with Crippen LogP contribution < -0.4 is 10.1 Å². The highest BCUT2D eigenvalue weighted by molar-refractivity contribution is 6.35. The van der Waals surface area contributed by atoms with Gasteiger partial charge in [-0.15, -0.1) is 0 Å². The van der Waals surface area contributed by atoms with Gasteiger partial charge in [-0.3, -0.25) is 9.59 Å². The molecule has 7 heteroatoms. The van der Waals surface area contributed by atoms with E-state index in [1.54, 1.807) is 18.2 Å². The van der Waals surface area contributed by atoms with Gasteiger partial charge in [0, 0.05) is 17.1 Å². The molecule has 144 valence electrons. The number of carbonyl (C=O) groups is 2. The van der Waals surface area contributed by atoms with Crippen LogP contribution in [0.2, 0.25) is 10.0 Å². The van der Waals surface area contributed by atoms with Gasteiger partial charge in [-0.05, 0) is 61.7 Å². The lowest BCUT2D eigenvalue weighted by atomic mass is 10.1. The molecule has 27 heavy (non-hydrogen) atoms. The smallest absolute Gasteiger partial charge is 0.306 e. The summed E-state index contributed by atoms with van der Waals surface area (Å²) in [7, 11) is 0. The fourth-order valence-electron chi connectivity index (χ4n) is 2.45. The quantitative estimate of drug-likeness (QED) is 0.494. The van der Waals surface area contributed by atoms with Crippen molar-refractivity contribution >= 4 is 40.8 Å². The number of benzene rings is 2. The van der Waals surface area contributed by atoms with Crippen molar-refractivity contribution in [1.82, 2.24) is 0 Å². The van der Waals surface area contributed by atoms with Gasteiger partial charge >= 0.3 is 5.97 Å². The molecule has 0 aliphatic carbocycles. The minimum Gasteiger partial charge on any atom is -0.492 e. The van der Waals surface area contributed by atoms with Crippen LogP contribution in [0.3, 0.4) is 0 Å². The van der Waals surface area contributed by atoms with Gasteiger partial charge in [-0.25, -0.2) is 0 Å². The van der Waals surface area contributed by atoms with Crippen LogP contribution in [0.4, 0.5) is 5.69 Å². The topological polar surface area (TPSA) is 64.6 Å². The second-order valence-corrected chi connectivity index (χ2v) is 6.96. The number of nitrogens with one attached hydrogen (secondary N) is 1. The summed E-state index contributed by atoms with van der Waals surface area (Å²) < 4.78 is 10.5. The molecule has 2 aromatic carbocycles. The van der Waals surface area contributed by atoms with E-state index in [4.69, 9.17) is 32.7 Å². The number of rotatable bonds is 8. The molecule has 0 heterocycles. The fourth-order valence-corrected chi connectivity index (χ4v) is 2.92. The molecule has 0 fully saturated rings. The number of esters is 1. The Morgan fingerprint density at radius 2 is 1.74 bits per heavy atom. The molecule has 0 unspecified atom stereocenters. The van der Waals surface area contributed by atoms with E-state index in [1.165, 1.54) is 0 Å². The highest BCUT2D eigenvalue weighted by atomic mass is 35.5. The minimum atomic E-state index is -0.462. The van der Waals surface area contributed by atoms with Crippen LogP contribution in [0.25, 0.3) is 0 Å². The molecule has 0 radical (unpaired) electrons. The zero-order valence-electron chi connectivity index (χ0n) is 15.2. The van der Waals surface area contributed by atoms with E-state index in [0.717, 1.165) is 11.1 Å². The maximum absolute atomic E-state index is 11.9. The van der Waals surface area contributed by atoms with Crippen molar-refractivity contribution in [1.29, 1.82) is 0 Å². The first kappa shape index (κ1) is 21.1. The predicted molar refractivity (Wildman–Crippen MR) is 107 cm³/mol. The van der Waals surface area contributed by atoms with Gasteiger partial charge in [0.1, 0.15) is 5.75 Å². The largest absolute Gasteiger partial charge is 0.492 e. The number of halogens is 2. The second-order valence-electron chi connectivity index (χ2n) is 6.11. The Morgan fingerprint density at radius 3 is 2.41 bits per heavy atom. The number of anilines is 1. The third-order valence-electron chi connectivity index (χ3n) is 3.55. The maximum atomic E-state index is 11.9. The van der Waals surface area contributed by atoms with E-state index in [2.05, 4.69) is 5.32 Å². The van der Waals surface area contributed by atoms with Gasteiger partial charge in [0.2, 0.25) is 0 Å². The van der Waals surface area contributed by atoms with Crippen LogP contribution in [0.5, 0.6) is 5.75 Å². The summed E-state index contributed by atoms with van der Waals surface area (Å²) in [6.45, 7) is 3.87. The number of ether oxygens (including phenoxy) is 2. The Hall–Kier alpha value is -2.24. The highest BCUT2D eigenvalue weighted by Crippen LogP contribution is 2.27. The summed E-state index contributed by atoms with van der Waals surface area (Å²) in [6, 6.07) is 10.6. The summed E-state index contributed by atoms with van der Waals surface area (Å²) in [5.41, 5.74) is 2.77. The maximum Gasteiger partial charge on any atom is 0.306 e. The van der Waals surface area contributed by atoms with Crippen LogP contribution in [-0.4, -0.2) is 25.1 Å². The Morgan fingerprint density at radius 1 is 1.04 bits per heavy atom. The number of carbonyl (C=O) groups excluding carboxylic acids is 2. The van der Waals surface area contributed by atoms with Gasteiger partial charge in [-0.1, -0.05) is 29.3 Å². The van der Waals surface area contributed by atoms with Crippen LogP contribution >= 0.6 is 23.2 Å². The molecule has 0 spiro atoms. The van der Waals surface area contributed by atoms with Crippen molar-refractivity contribution < 1.29 is 19.1 Å². The van der Waals surface area contributed by atoms with E-state index in [1.807, 2.05) is 32.0 Å². The first-order valence-electron chi connectivity index (χ1n) is 8.45. The lowest BCUT2D eigenvalue weighted by molar-refractivity contribution is -0.147. The van der Waals surface area contributed by atoms with Crippen LogP contribution in [-0.2, 0) is 14.3 Å². The molecule has 0 atom stereocenters. The number of amides is 1. The van der Waals surface area contributed by atoms with Crippen molar-refractivity contribution in [2.75, 3.05) is 18.5 Å². The lowest BCUT2D eigenvalue weighted by Crippen LogP contribution is -2.21. The van der Waals surface area contributed by atoms with E-state index in [-0.39, 0.29) is 18.9 Å². The number of hydrogen-bond acceptors (Lipinski definition) is 4. The summed E-state index contributed by atoms with van der Waals surface area (Å²) in [6.07, 6.45) is 0.582. The van der Waals surface area contributed by atoms with Crippen molar-refractivity contribution in [3.8, 4) is 5.75 Å². The molecule has 2 aromatic rings. The van der Waals surface area contributed by atoms with Crippen molar-refractivity contribution in [3.05, 3.63) is 57.6 Å². The van der Waals surface area contributed by atoms with E-state index < -0.39 is 5.97 Å². The highest BCUT2D eigenvalue weighted by Gasteiger charge is 2.09. The van der Waals surface area contributed by atoms with Gasteiger partial charge in [-0.2, -0.15) is 0 Å². The monoisotopic (exact) mass is 409 g/mol. The first-order valence-corrected chi connectivity index (χ1v) is 9.20. The third kappa shape index (κ3) is 7.49. The predicted octanol–water partition coefficient (Wildman–Crippen LogP) is 4.95. The minimum absolute atomic E-state index is 0.141. The SMILES string of the molecule is Cc1cc(C)cc(NC(=O)COC(=O)CCCOc2ccc(Cl)cc2Cl)c1. The molecular formula is C20H21Cl2NO4. The van der Waals surface area contributed by atoms with Gasteiger partial charge in [0.15, 0.2) is 6.61 Å². The van der Waals surface area contributed by atoms with Crippen molar-refractivity contribution in [2.24, 2.45) is 0 Å². The van der Waals surface area contributed by atoms with Crippen molar-refractivity contribution in [2.45, 2.75) is 26.7 Å². The molecule has 0 aromatic heterocycles. The van der Waals surface area contributed by atoms with E-state index >= 15 is 0 Å². The zero-order valence-corrected chi connectivity index (χ0v) is 16.7. The Balaban J connectivity index is 1.66. The molecule has 0 aliphatic rings. The molecule has 1 amide bonds. The molecule has 0 saturated carbocycles. The molecule has 0 aliphatic heterocycles. The third-order valence-corrected chi connectivity index (χ3v) is 4.08. The van der Waals surface area contributed by atoms with Gasteiger partial charge < -0.3 is 14.8 Å². The molecule has 2 rings (SSSR count). The molecule has 0 bridgehead atoms. The summed E-state index contributed by atoms with van der Waals surface area (Å²) in [5, 5.41) is 3.65. The van der Waals surface area contributed by atoms with Crippen molar-refractivity contribution in [3.63, 3.8) is 0 Å². The number of aryl methyl sites for hydroxylation is 2. The summed E-state index contributed by atoms with van der Waals surface area (Å²) >= 11 is 11.8. The standard InChI is InChI=1S/C20H21Cl2NO4/c1-13-8-14(2)10-16(9-13)23-19(24)12-27-20(25)4-3-7-26-18-6-5-15(21)11-17(18)22/h5-6,8-11H,3-4,7,12H2,1-2H3,(H,23,24). The fraction of sp³-hybridized carbons (Fsp3) is 0.300. The van der Waals surface area contributed by atoms with E-state index in [0.29, 0.717) is 34.5 Å². The zero-order chi connectivity index (χ0) is 19.8. The second kappa shape index (κ2) is 10.2. The van der Waals surface area contributed by atoms with Crippen LogP contribution in [0.15, 0.2) is 36.4 Å². The Labute approximate surface area is 168 Å². The lowest BCUT2D eigenvalue weighted by Gasteiger charge is -2.09. The number of hydrogen-bond donors (Lipinski definition) is 1. The van der Waals surface area contributed by atoms with E-state index in [9.17, 15) is 9.59 Å². The van der Waals surface area contributed by atoms with Gasteiger partial charge in [0.25, 0.3) is 5.91 Å². The Kier molecular flexibility index (Phi) is 7.95. The molecule has 5 nitrogen and oxygen atoms in total. The summed E-state index contributed by atoms with van der Waals surface area (Å²) in [4.78, 5) is 23.6. The average Bonchev–Trinajstić information content (AvgIpc) is 2.57. The summed E-state index contributed by atoms with van der Waals surface area (Å²) in [5.74, 6) is -0.337. The Bertz CT molecular complexity index is 803. The van der Waals surface area contributed by atoms with Crippen LogP contribution in [0.1, 0.15) is 24.0 Å². The average molecular weight is 410 g/mol. The first-order chi connectivity index (χ1) is 12.8. The normalized spacial score (nSPS) is 10.4. The molecule has 0 saturated heterocycles. The molecular weight excluding hydrogens is 389 g/mol. The molecule has 1 N–H and O–H groups in total. The van der Waals surface area contributed by atoms with Crippen LogP contribution in [0, 0.1) is 13.8 Å².